The van der Waals surface area contributed by atoms with Gasteiger partial charge in [0, 0.05) is 25.8 Å². The zero-order valence-corrected chi connectivity index (χ0v) is 9.42. The zero-order chi connectivity index (χ0) is 11.7. The van der Waals surface area contributed by atoms with Crippen LogP contribution in [-0.4, -0.2) is 38.6 Å². The predicted octanol–water partition coefficient (Wildman–Crippen LogP) is -0.169. The first-order valence-corrected chi connectivity index (χ1v) is 4.78. The molecule has 0 radical (unpaired) electrons. The van der Waals surface area contributed by atoms with E-state index in [2.05, 4.69) is 15.4 Å². The number of ether oxygens (including phenoxy) is 1. The minimum absolute atomic E-state index is 0.0435. The minimum atomic E-state index is -0.186. The van der Waals surface area contributed by atoms with Gasteiger partial charge in [0.2, 0.25) is 11.8 Å². The molecular formula is C10H18N2O3. The molecule has 0 fully saturated rings. The zero-order valence-electron chi connectivity index (χ0n) is 9.42. The lowest BCUT2D eigenvalue weighted by Crippen LogP contribution is -2.36. The topological polar surface area (TPSA) is 67.4 Å². The van der Waals surface area contributed by atoms with Gasteiger partial charge in [-0.15, -0.1) is 0 Å². The van der Waals surface area contributed by atoms with Gasteiger partial charge in [-0.25, -0.2) is 0 Å². The van der Waals surface area contributed by atoms with Crippen molar-refractivity contribution in [3.05, 3.63) is 11.6 Å². The van der Waals surface area contributed by atoms with E-state index in [4.69, 9.17) is 0 Å². The maximum Gasteiger partial charge on any atom is 0.246 e. The summed E-state index contributed by atoms with van der Waals surface area (Å²) in [6.45, 7) is 4.40. The van der Waals surface area contributed by atoms with Gasteiger partial charge < -0.3 is 15.4 Å². The third-order valence-electron chi connectivity index (χ3n) is 1.80. The van der Waals surface area contributed by atoms with Crippen LogP contribution in [-0.2, 0) is 14.3 Å². The van der Waals surface area contributed by atoms with Crippen molar-refractivity contribution >= 4 is 11.8 Å². The number of nitrogens with one attached hydrogen (secondary N) is 2. The van der Waals surface area contributed by atoms with Gasteiger partial charge in [-0.2, -0.15) is 0 Å². The second kappa shape index (κ2) is 7.99. The molecule has 0 saturated carbocycles. The predicted molar refractivity (Wildman–Crippen MR) is 57.3 cm³/mol. The lowest BCUT2D eigenvalue weighted by molar-refractivity contribution is -0.125. The second-order valence-corrected chi connectivity index (χ2v) is 3.01. The van der Waals surface area contributed by atoms with Crippen LogP contribution in [0.25, 0.3) is 0 Å². The van der Waals surface area contributed by atoms with Crippen LogP contribution in [0.5, 0.6) is 0 Å². The highest BCUT2D eigenvalue weighted by atomic mass is 16.5. The maximum atomic E-state index is 11.2. The lowest BCUT2D eigenvalue weighted by atomic mass is 10.3. The summed E-state index contributed by atoms with van der Waals surface area (Å²) in [5.41, 5.74) is 0.665. The summed E-state index contributed by atoms with van der Waals surface area (Å²) in [5.74, 6) is -0.298. The third-order valence-corrected chi connectivity index (χ3v) is 1.80. The molecular weight excluding hydrogens is 196 g/mol. The Morgan fingerprint density at radius 3 is 2.40 bits per heavy atom. The Hall–Kier alpha value is -1.36. The van der Waals surface area contributed by atoms with Crippen LogP contribution in [0.3, 0.4) is 0 Å². The summed E-state index contributed by atoms with van der Waals surface area (Å²) >= 11 is 0. The molecule has 5 nitrogen and oxygen atoms in total. The van der Waals surface area contributed by atoms with E-state index < -0.39 is 0 Å². The van der Waals surface area contributed by atoms with Crippen LogP contribution in [0, 0.1) is 0 Å². The van der Waals surface area contributed by atoms with Crippen molar-refractivity contribution in [2.75, 3.05) is 26.8 Å². The van der Waals surface area contributed by atoms with Crippen LogP contribution in [0.15, 0.2) is 11.6 Å². The summed E-state index contributed by atoms with van der Waals surface area (Å²) in [6, 6.07) is 0. The first-order chi connectivity index (χ1) is 7.11. The molecule has 0 unspecified atom stereocenters. The van der Waals surface area contributed by atoms with E-state index in [0.717, 1.165) is 0 Å². The van der Waals surface area contributed by atoms with Gasteiger partial charge in [-0.1, -0.05) is 6.08 Å². The molecule has 0 bridgehead atoms. The Balaban J connectivity index is 3.55. The van der Waals surface area contributed by atoms with Crippen molar-refractivity contribution in [1.29, 1.82) is 0 Å². The van der Waals surface area contributed by atoms with Crippen LogP contribution < -0.4 is 10.6 Å². The SMILES string of the molecule is C/C=C(/C)C(=O)NCCNC(=O)COC. The molecule has 15 heavy (non-hydrogen) atoms. The van der Waals surface area contributed by atoms with E-state index in [1.165, 1.54) is 7.11 Å². The number of allylic oxidation sites excluding steroid dienone is 1. The molecule has 86 valence electrons. The molecule has 0 aliphatic rings. The molecule has 0 spiro atoms. The molecule has 2 amide bonds. The van der Waals surface area contributed by atoms with Gasteiger partial charge in [0.1, 0.15) is 6.61 Å². The smallest absolute Gasteiger partial charge is 0.246 e. The fraction of sp³-hybridized carbons (Fsp3) is 0.600. The Kier molecular flexibility index (Phi) is 7.27. The van der Waals surface area contributed by atoms with E-state index in [0.29, 0.717) is 18.7 Å². The summed E-state index contributed by atoms with van der Waals surface area (Å²) in [7, 11) is 1.46. The average molecular weight is 214 g/mol. The molecule has 0 heterocycles. The largest absolute Gasteiger partial charge is 0.375 e. The molecule has 0 aliphatic heterocycles. The number of amides is 2. The van der Waals surface area contributed by atoms with E-state index in [-0.39, 0.29) is 18.4 Å². The Bertz CT molecular complexity index is 249. The van der Waals surface area contributed by atoms with Gasteiger partial charge in [0.05, 0.1) is 0 Å². The van der Waals surface area contributed by atoms with Crippen molar-refractivity contribution in [1.82, 2.24) is 10.6 Å². The standard InChI is InChI=1S/C10H18N2O3/c1-4-8(2)10(14)12-6-5-11-9(13)7-15-3/h4H,5-7H2,1-3H3,(H,11,13)(H,12,14)/b8-4-. The number of carbonyl (C=O) groups excluding carboxylic acids is 2. The highest BCUT2D eigenvalue weighted by Gasteiger charge is 2.02. The molecule has 0 aliphatic carbocycles. The quantitative estimate of drug-likeness (QED) is 0.476. The molecule has 0 saturated heterocycles. The summed E-state index contributed by atoms with van der Waals surface area (Å²) in [4.78, 5) is 22.1. The van der Waals surface area contributed by atoms with E-state index in [1.54, 1.807) is 19.9 Å². The first-order valence-electron chi connectivity index (χ1n) is 4.78. The Labute approximate surface area is 89.9 Å². The van der Waals surface area contributed by atoms with E-state index in [9.17, 15) is 9.59 Å². The van der Waals surface area contributed by atoms with Crippen LogP contribution in [0.2, 0.25) is 0 Å². The molecule has 0 aromatic rings. The number of hydrogen-bond acceptors (Lipinski definition) is 3. The Morgan fingerprint density at radius 1 is 1.27 bits per heavy atom. The van der Waals surface area contributed by atoms with Gasteiger partial charge in [-0.3, -0.25) is 9.59 Å². The van der Waals surface area contributed by atoms with Crippen LogP contribution in [0.1, 0.15) is 13.8 Å². The highest BCUT2D eigenvalue weighted by Crippen LogP contribution is 1.89. The molecule has 0 aromatic carbocycles. The van der Waals surface area contributed by atoms with Gasteiger partial charge >= 0.3 is 0 Å². The van der Waals surface area contributed by atoms with Gasteiger partial charge in [-0.05, 0) is 13.8 Å². The van der Waals surface area contributed by atoms with Crippen molar-refractivity contribution in [3.8, 4) is 0 Å². The maximum absolute atomic E-state index is 11.2. The molecule has 0 aromatic heterocycles. The first kappa shape index (κ1) is 13.6. The minimum Gasteiger partial charge on any atom is -0.375 e. The fourth-order valence-electron chi connectivity index (χ4n) is 0.831. The van der Waals surface area contributed by atoms with Crippen molar-refractivity contribution in [2.45, 2.75) is 13.8 Å². The summed E-state index contributed by atoms with van der Waals surface area (Å²) in [5, 5.41) is 5.27. The Morgan fingerprint density at radius 2 is 1.87 bits per heavy atom. The fourth-order valence-corrected chi connectivity index (χ4v) is 0.831. The number of hydrogen-bond donors (Lipinski definition) is 2. The molecule has 5 heteroatoms. The lowest BCUT2D eigenvalue weighted by Gasteiger charge is -2.06. The average Bonchev–Trinajstić information content (AvgIpc) is 2.23. The van der Waals surface area contributed by atoms with Gasteiger partial charge in [0.15, 0.2) is 0 Å². The van der Waals surface area contributed by atoms with Crippen molar-refractivity contribution < 1.29 is 14.3 Å². The molecule has 0 rings (SSSR count). The van der Waals surface area contributed by atoms with E-state index in [1.807, 2.05) is 0 Å². The number of carbonyl (C=O) groups is 2. The monoisotopic (exact) mass is 214 g/mol. The van der Waals surface area contributed by atoms with Crippen LogP contribution in [0.4, 0.5) is 0 Å². The van der Waals surface area contributed by atoms with Crippen LogP contribution >= 0.6 is 0 Å². The number of methoxy groups -OCH3 is 1. The third kappa shape index (κ3) is 6.68. The van der Waals surface area contributed by atoms with Crippen molar-refractivity contribution in [2.24, 2.45) is 0 Å². The molecule has 2 N–H and O–H groups in total. The summed E-state index contributed by atoms with van der Waals surface area (Å²) < 4.78 is 4.63. The van der Waals surface area contributed by atoms with Gasteiger partial charge in [0.25, 0.3) is 0 Å². The molecule has 0 atom stereocenters. The normalized spacial score (nSPS) is 11.0. The highest BCUT2D eigenvalue weighted by molar-refractivity contribution is 5.92. The summed E-state index contributed by atoms with van der Waals surface area (Å²) in [6.07, 6.45) is 1.73. The van der Waals surface area contributed by atoms with E-state index >= 15 is 0 Å². The number of rotatable bonds is 6. The van der Waals surface area contributed by atoms with Crippen molar-refractivity contribution in [3.63, 3.8) is 0 Å². The second-order valence-electron chi connectivity index (χ2n) is 3.01.